The third-order valence-corrected chi connectivity index (χ3v) is 6.26. The second kappa shape index (κ2) is 10.8. The SMILES string of the molecule is O=C(Nc1ccc(F)c(NC(=O)C(F)(F)C(F)(F)OC(F)(F)F)c1F)c1cc(NC(=O)C2CC2(Cl)Cl)ccc1Cl. The number of nitrogens with one attached hydrogen (secondary N) is 3. The molecule has 0 spiro atoms. The van der Waals surface area contributed by atoms with Crippen molar-refractivity contribution >= 4 is 69.6 Å². The van der Waals surface area contributed by atoms with Crippen LogP contribution in [0.15, 0.2) is 30.3 Å². The second-order valence-electron chi connectivity index (χ2n) is 8.03. The Balaban J connectivity index is 1.81. The van der Waals surface area contributed by atoms with Gasteiger partial charge in [-0.2, -0.15) is 17.6 Å². The summed E-state index contributed by atoms with van der Waals surface area (Å²) in [6, 6.07) is 4.27. The van der Waals surface area contributed by atoms with E-state index in [0.717, 1.165) is 12.1 Å². The summed E-state index contributed by atoms with van der Waals surface area (Å²) in [5, 5.41) is 4.72. The number of benzene rings is 2. The molecule has 7 nitrogen and oxygen atoms in total. The molecule has 1 aliphatic carbocycles. The molecule has 218 valence electrons. The third kappa shape index (κ3) is 6.85. The van der Waals surface area contributed by atoms with E-state index in [1.807, 2.05) is 10.1 Å². The lowest BCUT2D eigenvalue weighted by Crippen LogP contribution is -2.53. The van der Waals surface area contributed by atoms with Crippen molar-refractivity contribution in [2.45, 2.75) is 29.1 Å². The molecule has 1 fully saturated rings. The Morgan fingerprint density at radius 3 is 2.08 bits per heavy atom. The molecule has 0 bridgehead atoms. The zero-order chi connectivity index (χ0) is 30.4. The van der Waals surface area contributed by atoms with Crippen molar-refractivity contribution in [3.8, 4) is 0 Å². The first-order valence-electron chi connectivity index (χ1n) is 10.3. The first-order chi connectivity index (χ1) is 18.2. The Hall–Kier alpha value is -2.95. The number of anilines is 3. The van der Waals surface area contributed by atoms with Gasteiger partial charge in [0.15, 0.2) is 5.82 Å². The summed E-state index contributed by atoms with van der Waals surface area (Å²) in [5.41, 5.74) is -3.25. The minimum atomic E-state index is -6.47. The summed E-state index contributed by atoms with van der Waals surface area (Å²) < 4.78 is 120. The van der Waals surface area contributed by atoms with Gasteiger partial charge in [-0.05, 0) is 36.8 Å². The van der Waals surface area contributed by atoms with Crippen LogP contribution in [0.1, 0.15) is 16.8 Å². The number of hydrogen-bond donors (Lipinski definition) is 3. The van der Waals surface area contributed by atoms with Gasteiger partial charge < -0.3 is 16.0 Å². The Labute approximate surface area is 231 Å². The van der Waals surface area contributed by atoms with Crippen LogP contribution >= 0.6 is 34.8 Å². The van der Waals surface area contributed by atoms with Gasteiger partial charge in [0.25, 0.3) is 5.91 Å². The Morgan fingerprint density at radius 2 is 1.52 bits per heavy atom. The Bertz CT molecular complexity index is 1370. The number of hydrogen-bond acceptors (Lipinski definition) is 4. The van der Waals surface area contributed by atoms with Crippen molar-refractivity contribution in [3.63, 3.8) is 0 Å². The van der Waals surface area contributed by atoms with E-state index in [1.165, 1.54) is 6.07 Å². The maximum Gasteiger partial charge on any atom is 0.527 e. The molecular formula is C21H11Cl3F9N3O4. The van der Waals surface area contributed by atoms with Crippen molar-refractivity contribution in [2.75, 3.05) is 16.0 Å². The van der Waals surface area contributed by atoms with Gasteiger partial charge in [0.2, 0.25) is 5.91 Å². The molecule has 0 aliphatic heterocycles. The Kier molecular flexibility index (Phi) is 8.52. The first kappa shape index (κ1) is 31.6. The van der Waals surface area contributed by atoms with E-state index in [1.54, 1.807) is 0 Å². The van der Waals surface area contributed by atoms with E-state index in [0.29, 0.717) is 17.4 Å². The van der Waals surface area contributed by atoms with Gasteiger partial charge in [0.1, 0.15) is 15.8 Å². The van der Waals surface area contributed by atoms with Gasteiger partial charge in [0, 0.05) is 5.69 Å². The van der Waals surface area contributed by atoms with Crippen molar-refractivity contribution < 1.29 is 58.6 Å². The number of ether oxygens (including phenoxy) is 1. The normalized spacial score (nSPS) is 16.8. The van der Waals surface area contributed by atoms with Crippen LogP contribution in [0.25, 0.3) is 0 Å². The maximum absolute atomic E-state index is 14.8. The molecule has 1 atom stereocenters. The van der Waals surface area contributed by atoms with Crippen LogP contribution in [0.5, 0.6) is 0 Å². The summed E-state index contributed by atoms with van der Waals surface area (Å²) in [5.74, 6) is -16.0. The highest BCUT2D eigenvalue weighted by molar-refractivity contribution is 6.52. The van der Waals surface area contributed by atoms with Gasteiger partial charge >= 0.3 is 24.3 Å². The van der Waals surface area contributed by atoms with Gasteiger partial charge in [0.05, 0.1) is 22.2 Å². The summed E-state index contributed by atoms with van der Waals surface area (Å²) in [6.07, 6.45) is -12.6. The largest absolute Gasteiger partial charge is 0.527 e. The molecule has 40 heavy (non-hydrogen) atoms. The van der Waals surface area contributed by atoms with Crippen LogP contribution in [-0.2, 0) is 14.3 Å². The van der Waals surface area contributed by atoms with E-state index in [2.05, 4.69) is 5.32 Å². The zero-order valence-corrected chi connectivity index (χ0v) is 21.1. The highest BCUT2D eigenvalue weighted by Gasteiger charge is 2.67. The van der Waals surface area contributed by atoms with Gasteiger partial charge in [-0.3, -0.25) is 14.4 Å². The molecule has 3 N–H and O–H groups in total. The molecule has 0 radical (unpaired) electrons. The van der Waals surface area contributed by atoms with E-state index >= 15 is 0 Å². The number of carbonyl (C=O) groups excluding carboxylic acids is 3. The average molecular weight is 647 g/mol. The molecule has 1 saturated carbocycles. The van der Waals surface area contributed by atoms with Crippen LogP contribution in [0, 0.1) is 17.6 Å². The number of alkyl halides is 9. The van der Waals surface area contributed by atoms with E-state index in [9.17, 15) is 53.9 Å². The highest BCUT2D eigenvalue weighted by Crippen LogP contribution is 2.53. The fourth-order valence-electron chi connectivity index (χ4n) is 2.99. The van der Waals surface area contributed by atoms with Gasteiger partial charge in [-0.25, -0.2) is 13.5 Å². The molecule has 0 saturated heterocycles. The monoisotopic (exact) mass is 645 g/mol. The number of halogens is 12. The van der Waals surface area contributed by atoms with E-state index in [-0.39, 0.29) is 17.1 Å². The lowest BCUT2D eigenvalue weighted by Gasteiger charge is -2.25. The second-order valence-corrected chi connectivity index (χ2v) is 9.98. The number of amides is 3. The third-order valence-electron chi connectivity index (χ3n) is 5.09. The van der Waals surface area contributed by atoms with Crippen molar-refractivity contribution in [1.29, 1.82) is 0 Å². The molecular weight excluding hydrogens is 636 g/mol. The fourth-order valence-corrected chi connectivity index (χ4v) is 3.70. The van der Waals surface area contributed by atoms with Crippen LogP contribution in [0.3, 0.4) is 0 Å². The fraction of sp³-hybridized carbons (Fsp3) is 0.286. The highest BCUT2D eigenvalue weighted by atomic mass is 35.5. The molecule has 3 rings (SSSR count). The molecule has 0 heterocycles. The van der Waals surface area contributed by atoms with Crippen LogP contribution in [-0.4, -0.2) is 40.4 Å². The summed E-state index contributed by atoms with van der Waals surface area (Å²) in [4.78, 5) is 36.4. The predicted molar refractivity (Wildman–Crippen MR) is 123 cm³/mol. The van der Waals surface area contributed by atoms with Crippen molar-refractivity contribution in [2.24, 2.45) is 5.92 Å². The molecule has 2 aromatic carbocycles. The zero-order valence-electron chi connectivity index (χ0n) is 18.8. The van der Waals surface area contributed by atoms with Gasteiger partial charge in [-0.15, -0.1) is 36.4 Å². The van der Waals surface area contributed by atoms with Crippen molar-refractivity contribution in [3.05, 3.63) is 52.6 Å². The number of carbonyl (C=O) groups is 3. The minimum Gasteiger partial charge on any atom is -0.326 e. The van der Waals surface area contributed by atoms with Crippen molar-refractivity contribution in [1.82, 2.24) is 0 Å². The molecule has 0 aromatic heterocycles. The van der Waals surface area contributed by atoms with Crippen LogP contribution in [0.4, 0.5) is 56.6 Å². The standard InChI is InChI=1S/C21H11Cl3F9N3O4/c22-10-2-1-7(34-16(38)9-6-18(9,23)24)5-8(10)15(37)35-12-4-3-11(25)14(13(12)26)36-17(39)19(27,28)20(29,30)40-21(31,32)33/h1-5,9H,6H2,(H,34,38)(H,35,37)(H,36,39). The Morgan fingerprint density at radius 1 is 0.925 bits per heavy atom. The smallest absolute Gasteiger partial charge is 0.326 e. The topological polar surface area (TPSA) is 96.5 Å². The van der Waals surface area contributed by atoms with E-state index in [4.69, 9.17) is 34.8 Å². The predicted octanol–water partition coefficient (Wildman–Crippen LogP) is 6.71. The maximum atomic E-state index is 14.8. The number of rotatable bonds is 8. The lowest BCUT2D eigenvalue weighted by atomic mass is 10.1. The van der Waals surface area contributed by atoms with Crippen LogP contribution in [0.2, 0.25) is 5.02 Å². The minimum absolute atomic E-state index is 0.00680. The summed E-state index contributed by atoms with van der Waals surface area (Å²) in [7, 11) is 0. The first-order valence-corrected chi connectivity index (χ1v) is 11.4. The lowest BCUT2D eigenvalue weighted by molar-refractivity contribution is -0.457. The molecule has 1 aliphatic rings. The molecule has 19 heteroatoms. The quantitative estimate of drug-likeness (QED) is 0.220. The summed E-state index contributed by atoms with van der Waals surface area (Å²) in [6.45, 7) is 0. The van der Waals surface area contributed by atoms with Crippen LogP contribution < -0.4 is 16.0 Å². The summed E-state index contributed by atoms with van der Waals surface area (Å²) >= 11 is 17.6. The molecule has 3 amide bonds. The van der Waals surface area contributed by atoms with E-state index < -0.39 is 74.9 Å². The van der Waals surface area contributed by atoms with Gasteiger partial charge in [-0.1, -0.05) is 11.6 Å². The molecule has 2 aromatic rings. The molecule has 1 unspecified atom stereocenters. The average Bonchev–Trinajstić information content (AvgIpc) is 3.46.